The van der Waals surface area contributed by atoms with Crippen molar-refractivity contribution in [1.82, 2.24) is 10.2 Å². The number of carbonyl (C=O) groups is 1. The lowest BCUT2D eigenvalue weighted by Gasteiger charge is -2.07. The number of benzene rings is 2. The highest BCUT2D eigenvalue weighted by Crippen LogP contribution is 2.17. The van der Waals surface area contributed by atoms with Crippen LogP contribution in [-0.4, -0.2) is 16.1 Å². The first-order chi connectivity index (χ1) is 12.1. The molecular weight excluding hydrogens is 382 g/mol. The first-order valence-corrected chi connectivity index (χ1v) is 8.11. The van der Waals surface area contributed by atoms with E-state index in [1.54, 1.807) is 42.5 Å². The standard InChI is InChI=1S/C18H12BrN5O/c19-13-4-2-6-15(10-13)22-18(25)16-7-8-17(24-23-16)21-14-5-1-3-12(9-14)11-20/h1-10H,(H,21,24)(H,22,25). The summed E-state index contributed by atoms with van der Waals surface area (Å²) in [6.45, 7) is 0. The summed E-state index contributed by atoms with van der Waals surface area (Å²) in [5.74, 6) is 0.137. The molecule has 3 rings (SSSR count). The van der Waals surface area contributed by atoms with Crippen molar-refractivity contribution < 1.29 is 4.79 Å². The Labute approximate surface area is 152 Å². The van der Waals surface area contributed by atoms with Crippen LogP contribution in [0.2, 0.25) is 0 Å². The van der Waals surface area contributed by atoms with Crippen LogP contribution in [0.4, 0.5) is 17.2 Å². The molecule has 0 atom stereocenters. The Morgan fingerprint density at radius 2 is 1.80 bits per heavy atom. The predicted octanol–water partition coefficient (Wildman–Crippen LogP) is 4.11. The highest BCUT2D eigenvalue weighted by atomic mass is 79.9. The van der Waals surface area contributed by atoms with E-state index in [1.165, 1.54) is 0 Å². The number of amides is 1. The molecule has 0 aliphatic rings. The number of anilines is 3. The van der Waals surface area contributed by atoms with E-state index in [0.29, 0.717) is 17.1 Å². The number of nitrogens with zero attached hydrogens (tertiary/aromatic N) is 3. The van der Waals surface area contributed by atoms with Gasteiger partial charge in [0.1, 0.15) is 0 Å². The van der Waals surface area contributed by atoms with Crippen LogP contribution in [0.15, 0.2) is 65.1 Å². The molecule has 122 valence electrons. The Morgan fingerprint density at radius 1 is 1.00 bits per heavy atom. The summed E-state index contributed by atoms with van der Waals surface area (Å²) in [7, 11) is 0. The molecule has 0 saturated heterocycles. The molecule has 2 aromatic carbocycles. The fourth-order valence-corrected chi connectivity index (χ4v) is 2.50. The van der Waals surface area contributed by atoms with Crippen LogP contribution in [0.3, 0.4) is 0 Å². The molecular formula is C18H12BrN5O. The Balaban J connectivity index is 1.69. The van der Waals surface area contributed by atoms with Gasteiger partial charge < -0.3 is 10.6 Å². The summed E-state index contributed by atoms with van der Waals surface area (Å²) in [6, 6.07) is 19.6. The third-order valence-corrected chi connectivity index (χ3v) is 3.74. The van der Waals surface area contributed by atoms with Crippen LogP contribution in [0.1, 0.15) is 16.1 Å². The molecule has 0 unspecified atom stereocenters. The van der Waals surface area contributed by atoms with Gasteiger partial charge >= 0.3 is 0 Å². The van der Waals surface area contributed by atoms with E-state index in [4.69, 9.17) is 5.26 Å². The van der Waals surface area contributed by atoms with Crippen molar-refractivity contribution in [3.63, 3.8) is 0 Å². The van der Waals surface area contributed by atoms with Crippen LogP contribution in [0.5, 0.6) is 0 Å². The van der Waals surface area contributed by atoms with Crippen LogP contribution < -0.4 is 10.6 Å². The summed E-state index contributed by atoms with van der Waals surface area (Å²) < 4.78 is 0.871. The smallest absolute Gasteiger partial charge is 0.276 e. The lowest BCUT2D eigenvalue weighted by Crippen LogP contribution is -2.14. The number of aromatic nitrogens is 2. The molecule has 1 heterocycles. The van der Waals surface area contributed by atoms with Crippen LogP contribution in [0.25, 0.3) is 0 Å². The number of halogens is 1. The highest BCUT2D eigenvalue weighted by molar-refractivity contribution is 9.10. The van der Waals surface area contributed by atoms with Gasteiger partial charge in [0.15, 0.2) is 11.5 Å². The van der Waals surface area contributed by atoms with Gasteiger partial charge in [0.05, 0.1) is 11.6 Å². The van der Waals surface area contributed by atoms with E-state index in [2.05, 4.69) is 42.8 Å². The second kappa shape index (κ2) is 7.55. The zero-order valence-corrected chi connectivity index (χ0v) is 14.5. The third kappa shape index (κ3) is 4.40. The van der Waals surface area contributed by atoms with Gasteiger partial charge in [-0.3, -0.25) is 4.79 Å². The lowest BCUT2D eigenvalue weighted by molar-refractivity contribution is 0.102. The molecule has 0 spiro atoms. The number of hydrogen-bond acceptors (Lipinski definition) is 5. The van der Waals surface area contributed by atoms with Gasteiger partial charge in [-0.05, 0) is 48.5 Å². The molecule has 3 aromatic rings. The number of carbonyl (C=O) groups excluding carboxylic acids is 1. The SMILES string of the molecule is N#Cc1cccc(Nc2ccc(C(=O)Nc3cccc(Br)c3)nn2)c1. The molecule has 0 saturated carbocycles. The maximum Gasteiger partial charge on any atom is 0.276 e. The summed E-state index contributed by atoms with van der Waals surface area (Å²) in [5, 5.41) is 22.6. The Morgan fingerprint density at radius 3 is 2.52 bits per heavy atom. The minimum atomic E-state index is -0.344. The fourth-order valence-electron chi connectivity index (χ4n) is 2.10. The van der Waals surface area contributed by atoms with E-state index in [0.717, 1.165) is 10.2 Å². The van der Waals surface area contributed by atoms with E-state index in [-0.39, 0.29) is 11.6 Å². The predicted molar refractivity (Wildman–Crippen MR) is 98.6 cm³/mol. The van der Waals surface area contributed by atoms with Crippen molar-refractivity contribution in [3.05, 3.63) is 76.4 Å². The summed E-state index contributed by atoms with van der Waals surface area (Å²) in [6.07, 6.45) is 0. The average Bonchev–Trinajstić information content (AvgIpc) is 2.62. The zero-order chi connectivity index (χ0) is 17.6. The maximum atomic E-state index is 12.2. The Bertz CT molecular complexity index is 950. The van der Waals surface area contributed by atoms with Crippen LogP contribution >= 0.6 is 15.9 Å². The lowest BCUT2D eigenvalue weighted by atomic mass is 10.2. The van der Waals surface area contributed by atoms with Crippen molar-refractivity contribution in [1.29, 1.82) is 5.26 Å². The topological polar surface area (TPSA) is 90.7 Å². The molecule has 7 heteroatoms. The molecule has 1 aromatic heterocycles. The van der Waals surface area contributed by atoms with Gasteiger partial charge in [-0.15, -0.1) is 10.2 Å². The van der Waals surface area contributed by atoms with Crippen molar-refractivity contribution in [2.75, 3.05) is 10.6 Å². The molecule has 1 amide bonds. The van der Waals surface area contributed by atoms with E-state index < -0.39 is 0 Å². The van der Waals surface area contributed by atoms with E-state index in [1.807, 2.05) is 18.2 Å². The van der Waals surface area contributed by atoms with Gasteiger partial charge in [0.25, 0.3) is 5.91 Å². The monoisotopic (exact) mass is 393 g/mol. The minimum absolute atomic E-state index is 0.205. The number of nitriles is 1. The van der Waals surface area contributed by atoms with Crippen molar-refractivity contribution >= 4 is 39.0 Å². The number of nitrogens with one attached hydrogen (secondary N) is 2. The second-order valence-electron chi connectivity index (χ2n) is 5.09. The van der Waals surface area contributed by atoms with Crippen molar-refractivity contribution in [3.8, 4) is 6.07 Å². The minimum Gasteiger partial charge on any atom is -0.339 e. The molecule has 0 fully saturated rings. The third-order valence-electron chi connectivity index (χ3n) is 3.24. The molecule has 6 nitrogen and oxygen atoms in total. The van der Waals surface area contributed by atoms with Crippen LogP contribution in [0, 0.1) is 11.3 Å². The molecule has 0 bridgehead atoms. The first kappa shape index (κ1) is 16.6. The number of hydrogen-bond donors (Lipinski definition) is 2. The Hall–Kier alpha value is -3.24. The average molecular weight is 394 g/mol. The summed E-state index contributed by atoms with van der Waals surface area (Å²) in [4.78, 5) is 12.2. The maximum absolute atomic E-state index is 12.2. The van der Waals surface area contributed by atoms with Gasteiger partial charge in [-0.2, -0.15) is 5.26 Å². The zero-order valence-electron chi connectivity index (χ0n) is 12.9. The van der Waals surface area contributed by atoms with Gasteiger partial charge in [0.2, 0.25) is 0 Å². The van der Waals surface area contributed by atoms with Gasteiger partial charge in [0, 0.05) is 15.8 Å². The van der Waals surface area contributed by atoms with Crippen molar-refractivity contribution in [2.24, 2.45) is 0 Å². The first-order valence-electron chi connectivity index (χ1n) is 7.32. The normalized spacial score (nSPS) is 9.92. The van der Waals surface area contributed by atoms with E-state index in [9.17, 15) is 4.79 Å². The van der Waals surface area contributed by atoms with Gasteiger partial charge in [-0.25, -0.2) is 0 Å². The summed E-state index contributed by atoms with van der Waals surface area (Å²) >= 11 is 3.35. The molecule has 0 radical (unpaired) electrons. The molecule has 0 aliphatic heterocycles. The largest absolute Gasteiger partial charge is 0.339 e. The van der Waals surface area contributed by atoms with Crippen molar-refractivity contribution in [2.45, 2.75) is 0 Å². The molecule has 25 heavy (non-hydrogen) atoms. The molecule has 0 aliphatic carbocycles. The van der Waals surface area contributed by atoms with Crippen LogP contribution in [-0.2, 0) is 0 Å². The fraction of sp³-hybridized carbons (Fsp3) is 0. The van der Waals surface area contributed by atoms with E-state index >= 15 is 0 Å². The highest BCUT2D eigenvalue weighted by Gasteiger charge is 2.09. The Kier molecular flexibility index (Phi) is 5.02. The number of rotatable bonds is 4. The second-order valence-corrected chi connectivity index (χ2v) is 6.00. The quantitative estimate of drug-likeness (QED) is 0.695. The summed E-state index contributed by atoms with van der Waals surface area (Å²) in [5.41, 5.74) is 2.13. The molecule has 2 N–H and O–H groups in total. The van der Waals surface area contributed by atoms with Gasteiger partial charge in [-0.1, -0.05) is 28.1 Å².